The maximum absolute atomic E-state index is 11.1. The zero-order valence-corrected chi connectivity index (χ0v) is 8.72. The lowest BCUT2D eigenvalue weighted by molar-refractivity contribution is -0.138. The molecule has 0 atom stereocenters. The highest BCUT2D eigenvalue weighted by atomic mass is 16.5. The highest BCUT2D eigenvalue weighted by Gasteiger charge is 2.05. The second-order valence-corrected chi connectivity index (χ2v) is 2.80. The molecule has 4 heteroatoms. The molecule has 0 heterocycles. The van der Waals surface area contributed by atoms with Gasteiger partial charge in [0.2, 0.25) is 5.91 Å². The fraction of sp³-hybridized carbons (Fsp3) is 0.400. The van der Waals surface area contributed by atoms with E-state index in [-0.39, 0.29) is 5.91 Å². The number of hydrogen-bond donors (Lipinski definition) is 1. The van der Waals surface area contributed by atoms with Gasteiger partial charge in [-0.05, 0) is 20.8 Å². The van der Waals surface area contributed by atoms with Crippen LogP contribution in [-0.4, -0.2) is 18.5 Å². The van der Waals surface area contributed by atoms with Gasteiger partial charge < -0.3 is 10.1 Å². The number of hydrogen-bond acceptors (Lipinski definition) is 3. The van der Waals surface area contributed by atoms with E-state index in [1.54, 1.807) is 20.8 Å². The topological polar surface area (TPSA) is 55.4 Å². The first-order valence-electron chi connectivity index (χ1n) is 4.29. The van der Waals surface area contributed by atoms with Crippen molar-refractivity contribution in [3.63, 3.8) is 0 Å². The molecule has 0 aromatic heterocycles. The van der Waals surface area contributed by atoms with Crippen LogP contribution in [0.5, 0.6) is 0 Å². The number of esters is 1. The molecule has 0 aromatic rings. The number of rotatable bonds is 4. The first-order chi connectivity index (χ1) is 6.49. The maximum Gasteiger partial charge on any atom is 0.335 e. The summed E-state index contributed by atoms with van der Waals surface area (Å²) >= 11 is 0. The van der Waals surface area contributed by atoms with Crippen molar-refractivity contribution in [1.82, 2.24) is 5.32 Å². The standard InChI is InChI=1S/C10H15NO3/c1-5-14-10(13)8(4)6-11-9(12)7(2)3/h6H,2,5H2,1,3-4H3,(H,11,12). The van der Waals surface area contributed by atoms with Crippen LogP contribution in [0.4, 0.5) is 0 Å². The molecule has 78 valence electrons. The fourth-order valence-electron chi connectivity index (χ4n) is 0.601. The molecule has 14 heavy (non-hydrogen) atoms. The van der Waals surface area contributed by atoms with Crippen molar-refractivity contribution in [2.45, 2.75) is 20.8 Å². The van der Waals surface area contributed by atoms with Crippen LogP contribution in [0.1, 0.15) is 20.8 Å². The van der Waals surface area contributed by atoms with E-state index in [1.807, 2.05) is 0 Å². The molecule has 0 rings (SSSR count). The number of ether oxygens (including phenoxy) is 1. The SMILES string of the molecule is C=C(C)C(=O)NC=C(C)C(=O)OCC. The summed E-state index contributed by atoms with van der Waals surface area (Å²) in [6.45, 7) is 8.65. The third kappa shape index (κ3) is 4.45. The van der Waals surface area contributed by atoms with Gasteiger partial charge in [-0.15, -0.1) is 0 Å². The lowest BCUT2D eigenvalue weighted by atomic mass is 10.3. The van der Waals surface area contributed by atoms with Crippen LogP contribution in [0, 0.1) is 0 Å². The van der Waals surface area contributed by atoms with Crippen molar-refractivity contribution in [2.75, 3.05) is 6.61 Å². The van der Waals surface area contributed by atoms with Gasteiger partial charge >= 0.3 is 5.97 Å². The Hall–Kier alpha value is -1.58. The molecule has 0 aliphatic carbocycles. The Bertz CT molecular complexity index is 279. The van der Waals surface area contributed by atoms with Crippen molar-refractivity contribution in [3.05, 3.63) is 23.9 Å². The third-order valence-electron chi connectivity index (χ3n) is 1.40. The average Bonchev–Trinajstić information content (AvgIpc) is 2.13. The summed E-state index contributed by atoms with van der Waals surface area (Å²) < 4.78 is 4.72. The van der Waals surface area contributed by atoms with Crippen molar-refractivity contribution in [1.29, 1.82) is 0 Å². The number of nitrogens with one attached hydrogen (secondary N) is 1. The number of amides is 1. The third-order valence-corrected chi connectivity index (χ3v) is 1.40. The minimum absolute atomic E-state index is 0.311. The molecule has 0 aliphatic rings. The van der Waals surface area contributed by atoms with Crippen LogP contribution in [0.15, 0.2) is 23.9 Å². The zero-order chi connectivity index (χ0) is 11.1. The van der Waals surface area contributed by atoms with Crippen LogP contribution >= 0.6 is 0 Å². The van der Waals surface area contributed by atoms with Gasteiger partial charge in [0.25, 0.3) is 0 Å². The summed E-state index contributed by atoms with van der Waals surface area (Å²) in [5, 5.41) is 2.42. The molecule has 0 saturated carbocycles. The first-order valence-corrected chi connectivity index (χ1v) is 4.29. The van der Waals surface area contributed by atoms with E-state index < -0.39 is 5.97 Å². The minimum Gasteiger partial charge on any atom is -0.463 e. The molecule has 0 aliphatic heterocycles. The molecule has 0 bridgehead atoms. The Balaban J connectivity index is 4.18. The van der Waals surface area contributed by atoms with E-state index in [4.69, 9.17) is 4.74 Å². The lowest BCUT2D eigenvalue weighted by Crippen LogP contribution is -2.19. The lowest BCUT2D eigenvalue weighted by Gasteiger charge is -2.02. The summed E-state index contributed by atoms with van der Waals surface area (Å²) in [6, 6.07) is 0. The Kier molecular flexibility index (Phi) is 5.29. The largest absolute Gasteiger partial charge is 0.463 e. The van der Waals surface area contributed by atoms with Crippen LogP contribution < -0.4 is 5.32 Å². The molecule has 1 amide bonds. The molecular weight excluding hydrogens is 182 g/mol. The maximum atomic E-state index is 11.1. The van der Waals surface area contributed by atoms with Gasteiger partial charge in [-0.2, -0.15) is 0 Å². The van der Waals surface area contributed by atoms with Crippen molar-refractivity contribution in [3.8, 4) is 0 Å². The first kappa shape index (κ1) is 12.4. The molecule has 0 radical (unpaired) electrons. The summed E-state index contributed by atoms with van der Waals surface area (Å²) in [5.41, 5.74) is 0.736. The van der Waals surface area contributed by atoms with Gasteiger partial charge in [0.15, 0.2) is 0 Å². The van der Waals surface area contributed by atoms with E-state index in [0.29, 0.717) is 17.8 Å². The molecule has 0 unspecified atom stereocenters. The fourth-order valence-corrected chi connectivity index (χ4v) is 0.601. The quantitative estimate of drug-likeness (QED) is 0.543. The Labute approximate surface area is 83.6 Å². The number of carbonyl (C=O) groups is 2. The van der Waals surface area contributed by atoms with Crippen LogP contribution in [0.2, 0.25) is 0 Å². The summed E-state index contributed by atoms with van der Waals surface area (Å²) in [4.78, 5) is 22.1. The van der Waals surface area contributed by atoms with E-state index in [9.17, 15) is 9.59 Å². The molecule has 0 saturated heterocycles. The van der Waals surface area contributed by atoms with Crippen molar-refractivity contribution >= 4 is 11.9 Å². The molecule has 0 spiro atoms. The van der Waals surface area contributed by atoms with Gasteiger partial charge in [0.1, 0.15) is 0 Å². The van der Waals surface area contributed by atoms with E-state index >= 15 is 0 Å². The Morgan fingerprint density at radius 3 is 2.43 bits per heavy atom. The highest BCUT2D eigenvalue weighted by molar-refractivity contribution is 5.94. The van der Waals surface area contributed by atoms with Crippen molar-refractivity contribution in [2.24, 2.45) is 0 Å². The normalized spacial score (nSPS) is 10.6. The van der Waals surface area contributed by atoms with Crippen molar-refractivity contribution < 1.29 is 14.3 Å². The number of carbonyl (C=O) groups excluding carboxylic acids is 2. The van der Waals surface area contributed by atoms with Crippen LogP contribution in [0.3, 0.4) is 0 Å². The Morgan fingerprint density at radius 1 is 1.43 bits per heavy atom. The monoisotopic (exact) mass is 197 g/mol. The van der Waals surface area contributed by atoms with Gasteiger partial charge in [0.05, 0.1) is 12.2 Å². The average molecular weight is 197 g/mol. The minimum atomic E-state index is -0.436. The summed E-state index contributed by atoms with van der Waals surface area (Å²) in [6.07, 6.45) is 1.31. The van der Waals surface area contributed by atoms with Gasteiger partial charge in [0, 0.05) is 11.8 Å². The molecule has 0 fully saturated rings. The predicted octanol–water partition coefficient (Wildman–Crippen LogP) is 1.15. The Morgan fingerprint density at radius 2 is 2.00 bits per heavy atom. The van der Waals surface area contributed by atoms with Gasteiger partial charge in [-0.3, -0.25) is 4.79 Å². The second kappa shape index (κ2) is 5.96. The van der Waals surface area contributed by atoms with Gasteiger partial charge in [-0.25, -0.2) is 4.79 Å². The highest BCUT2D eigenvalue weighted by Crippen LogP contribution is 1.95. The smallest absolute Gasteiger partial charge is 0.335 e. The van der Waals surface area contributed by atoms with Crippen LogP contribution in [0.25, 0.3) is 0 Å². The summed E-state index contributed by atoms with van der Waals surface area (Å²) in [5.74, 6) is -0.747. The molecule has 1 N–H and O–H groups in total. The predicted molar refractivity (Wildman–Crippen MR) is 53.3 cm³/mol. The van der Waals surface area contributed by atoms with E-state index in [1.165, 1.54) is 6.20 Å². The zero-order valence-electron chi connectivity index (χ0n) is 8.72. The molecule has 0 aromatic carbocycles. The summed E-state index contributed by atoms with van der Waals surface area (Å²) in [7, 11) is 0. The van der Waals surface area contributed by atoms with Crippen LogP contribution in [-0.2, 0) is 14.3 Å². The molecular formula is C10H15NO3. The van der Waals surface area contributed by atoms with E-state index in [2.05, 4.69) is 11.9 Å². The molecule has 4 nitrogen and oxygen atoms in total. The van der Waals surface area contributed by atoms with Gasteiger partial charge in [-0.1, -0.05) is 6.58 Å². The van der Waals surface area contributed by atoms with E-state index in [0.717, 1.165) is 0 Å². The second-order valence-electron chi connectivity index (χ2n) is 2.80.